The third kappa shape index (κ3) is 0.865. The molecule has 3 rings (SSSR count). The molecule has 0 aromatic heterocycles. The van der Waals surface area contributed by atoms with Crippen LogP contribution in [0.25, 0.3) is 0 Å². The summed E-state index contributed by atoms with van der Waals surface area (Å²) in [6.45, 7) is 0. The highest BCUT2D eigenvalue weighted by Crippen LogP contribution is 2.61. The molecule has 0 N–H and O–H groups in total. The summed E-state index contributed by atoms with van der Waals surface area (Å²) in [5.74, 6) is 3.38. The van der Waals surface area contributed by atoms with Crippen LogP contribution in [0.5, 0.6) is 0 Å². The van der Waals surface area contributed by atoms with Gasteiger partial charge in [0.1, 0.15) is 0 Å². The van der Waals surface area contributed by atoms with Crippen molar-refractivity contribution in [2.45, 2.75) is 43.3 Å². The summed E-state index contributed by atoms with van der Waals surface area (Å²) in [4.78, 5) is 0. The van der Waals surface area contributed by atoms with Gasteiger partial charge in [0.05, 0.1) is 0 Å². The third-order valence-electron chi connectivity index (χ3n) is 4.66. The molecule has 0 radical (unpaired) electrons. The maximum absolute atomic E-state index is 2.35. The van der Waals surface area contributed by atoms with Gasteiger partial charge < -0.3 is 0 Å². The van der Waals surface area contributed by atoms with Crippen molar-refractivity contribution in [1.29, 1.82) is 0 Å². The summed E-state index contributed by atoms with van der Waals surface area (Å²) < 4.78 is 0.762. The zero-order valence-corrected chi connectivity index (χ0v) is 8.70. The molecule has 3 bridgehead atoms. The summed E-state index contributed by atoms with van der Waals surface area (Å²) in [7, 11) is 0. The van der Waals surface area contributed by atoms with Gasteiger partial charge in [0.25, 0.3) is 0 Å². The number of rotatable bonds is 1. The van der Waals surface area contributed by atoms with Crippen LogP contribution in [0.4, 0.5) is 0 Å². The Labute approximate surface area is 79.5 Å². The van der Waals surface area contributed by atoms with E-state index in [1.54, 1.807) is 38.5 Å². The van der Waals surface area contributed by atoms with Crippen LogP contribution < -0.4 is 0 Å². The number of hydrogen-bond acceptors (Lipinski definition) is 1. The first-order chi connectivity index (χ1) is 5.82. The van der Waals surface area contributed by atoms with E-state index in [-0.39, 0.29) is 0 Å². The Morgan fingerprint density at radius 2 is 2.00 bits per heavy atom. The largest absolute Gasteiger partial charge is 0.158 e. The van der Waals surface area contributed by atoms with E-state index in [1.165, 1.54) is 0 Å². The lowest BCUT2D eigenvalue weighted by Crippen LogP contribution is -2.35. The second-order valence-corrected chi connectivity index (χ2v) is 6.37. The molecule has 3 aliphatic carbocycles. The fourth-order valence-electron chi connectivity index (χ4n) is 4.16. The predicted octanol–water partition coefficient (Wildman–Crippen LogP) is 3.32. The van der Waals surface area contributed by atoms with E-state index in [1.807, 2.05) is 0 Å². The Hall–Kier alpha value is 0.350. The lowest BCUT2D eigenvalue weighted by Gasteiger charge is -2.41. The van der Waals surface area contributed by atoms with E-state index in [0.717, 1.165) is 22.5 Å². The van der Waals surface area contributed by atoms with Gasteiger partial charge in [-0.05, 0) is 62.5 Å². The van der Waals surface area contributed by atoms with Crippen molar-refractivity contribution < 1.29 is 0 Å². The molecular formula is C11H18S. The normalized spacial score (nSPS) is 56.2. The molecule has 68 valence electrons. The second kappa shape index (κ2) is 2.43. The molecule has 3 fully saturated rings. The summed E-state index contributed by atoms with van der Waals surface area (Å²) >= 11 is 2.19. The van der Waals surface area contributed by atoms with Crippen LogP contribution in [0.3, 0.4) is 0 Å². The van der Waals surface area contributed by atoms with Gasteiger partial charge in [0, 0.05) is 4.75 Å². The average Bonchev–Trinajstić information content (AvgIpc) is 2.25. The molecule has 0 aliphatic heterocycles. The van der Waals surface area contributed by atoms with Crippen LogP contribution in [0.2, 0.25) is 0 Å². The molecule has 0 aromatic rings. The van der Waals surface area contributed by atoms with Gasteiger partial charge in [-0.25, -0.2) is 0 Å². The zero-order valence-electron chi connectivity index (χ0n) is 7.88. The van der Waals surface area contributed by atoms with Crippen LogP contribution in [0, 0.1) is 17.8 Å². The molecule has 0 nitrogen and oxygen atoms in total. The number of fused-ring (bicyclic) bond motifs is 2. The predicted molar refractivity (Wildman–Crippen MR) is 54.4 cm³/mol. The molecule has 1 heteroatoms. The summed E-state index contributed by atoms with van der Waals surface area (Å²) in [5.41, 5.74) is 0. The molecule has 0 saturated heterocycles. The van der Waals surface area contributed by atoms with Crippen molar-refractivity contribution in [2.24, 2.45) is 17.8 Å². The minimum Gasteiger partial charge on any atom is -0.158 e. The first kappa shape index (κ1) is 7.73. The first-order valence-corrected chi connectivity index (χ1v) is 6.60. The molecule has 12 heavy (non-hydrogen) atoms. The lowest BCUT2D eigenvalue weighted by molar-refractivity contribution is 0.193. The second-order valence-electron chi connectivity index (χ2n) is 5.15. The van der Waals surface area contributed by atoms with E-state index >= 15 is 0 Å². The van der Waals surface area contributed by atoms with Crippen molar-refractivity contribution in [3.63, 3.8) is 0 Å². The van der Waals surface area contributed by atoms with Gasteiger partial charge in [-0.1, -0.05) is 0 Å². The molecule has 0 aromatic carbocycles. The minimum absolute atomic E-state index is 0.762. The average molecular weight is 182 g/mol. The highest BCUT2D eigenvalue weighted by Gasteiger charge is 2.53. The summed E-state index contributed by atoms with van der Waals surface area (Å²) in [5, 5.41) is 0. The number of thioether (sulfide) groups is 1. The van der Waals surface area contributed by atoms with E-state index in [4.69, 9.17) is 0 Å². The van der Waals surface area contributed by atoms with E-state index < -0.39 is 0 Å². The van der Waals surface area contributed by atoms with E-state index in [0.29, 0.717) is 0 Å². The first-order valence-electron chi connectivity index (χ1n) is 5.37. The van der Waals surface area contributed by atoms with Crippen molar-refractivity contribution in [3.05, 3.63) is 0 Å². The molecule has 3 aliphatic rings. The fraction of sp³-hybridized carbons (Fsp3) is 1.00. The highest BCUT2D eigenvalue weighted by molar-refractivity contribution is 8.00. The lowest BCUT2D eigenvalue weighted by atomic mass is 9.72. The van der Waals surface area contributed by atoms with Gasteiger partial charge in [-0.3, -0.25) is 0 Å². The Morgan fingerprint density at radius 3 is 2.83 bits per heavy atom. The number of hydrogen-bond donors (Lipinski definition) is 0. The van der Waals surface area contributed by atoms with Crippen LogP contribution in [-0.4, -0.2) is 11.0 Å². The molecule has 0 amide bonds. The van der Waals surface area contributed by atoms with Gasteiger partial charge in [-0.15, -0.1) is 0 Å². The smallest absolute Gasteiger partial charge is 0.0188 e. The van der Waals surface area contributed by atoms with Crippen LogP contribution in [-0.2, 0) is 0 Å². The topological polar surface area (TPSA) is 0 Å². The van der Waals surface area contributed by atoms with Crippen molar-refractivity contribution in [1.82, 2.24) is 0 Å². The van der Waals surface area contributed by atoms with Gasteiger partial charge >= 0.3 is 0 Å². The molecule has 4 atom stereocenters. The Morgan fingerprint density at radius 1 is 1.17 bits per heavy atom. The van der Waals surface area contributed by atoms with Crippen LogP contribution in [0.1, 0.15) is 38.5 Å². The molecule has 4 unspecified atom stereocenters. The fourth-order valence-corrected chi connectivity index (χ4v) is 5.41. The van der Waals surface area contributed by atoms with Crippen LogP contribution in [0.15, 0.2) is 0 Å². The van der Waals surface area contributed by atoms with Crippen LogP contribution >= 0.6 is 11.8 Å². The molecular weight excluding hydrogens is 164 g/mol. The van der Waals surface area contributed by atoms with Crippen molar-refractivity contribution >= 4 is 11.8 Å². The van der Waals surface area contributed by atoms with Crippen molar-refractivity contribution in [2.75, 3.05) is 6.26 Å². The maximum Gasteiger partial charge on any atom is 0.0188 e. The van der Waals surface area contributed by atoms with Gasteiger partial charge in [0.2, 0.25) is 0 Å². The SMILES string of the molecule is CSC12CCC3CC(CC1C3)C2. The quantitative estimate of drug-likeness (QED) is 0.599. The third-order valence-corrected chi connectivity index (χ3v) is 6.18. The Balaban J connectivity index is 1.96. The maximum atomic E-state index is 2.35. The van der Waals surface area contributed by atoms with E-state index in [2.05, 4.69) is 18.0 Å². The minimum atomic E-state index is 0.762. The molecule has 0 heterocycles. The van der Waals surface area contributed by atoms with E-state index in [9.17, 15) is 0 Å². The summed E-state index contributed by atoms with van der Waals surface area (Å²) in [6.07, 6.45) is 11.7. The zero-order chi connectivity index (χ0) is 8.18. The highest BCUT2D eigenvalue weighted by atomic mass is 32.2. The van der Waals surface area contributed by atoms with Gasteiger partial charge in [-0.2, -0.15) is 11.8 Å². The standard InChI is InChI=1S/C11H18S/c1-12-11-3-2-8-4-9(7-11)6-10(11)5-8/h8-10H,2-7H2,1H3. The van der Waals surface area contributed by atoms with Gasteiger partial charge in [0.15, 0.2) is 0 Å². The molecule has 0 spiro atoms. The summed E-state index contributed by atoms with van der Waals surface area (Å²) in [6, 6.07) is 0. The Kier molecular flexibility index (Phi) is 1.57. The Bertz CT molecular complexity index is 201. The van der Waals surface area contributed by atoms with Crippen molar-refractivity contribution in [3.8, 4) is 0 Å². The monoisotopic (exact) mass is 182 g/mol. The molecule has 3 saturated carbocycles.